The number of aryl methyl sites for hydroxylation is 1. The highest BCUT2D eigenvalue weighted by molar-refractivity contribution is 7.92. The molecule has 0 aliphatic carbocycles. The first-order chi connectivity index (χ1) is 13.4. The van der Waals surface area contributed by atoms with Crippen LogP contribution in [0.5, 0.6) is 11.5 Å². The fraction of sp³-hybridized carbons (Fsp3) is 0.143. The van der Waals surface area contributed by atoms with E-state index in [2.05, 4.69) is 4.72 Å². The van der Waals surface area contributed by atoms with Crippen LogP contribution < -0.4 is 14.2 Å². The summed E-state index contributed by atoms with van der Waals surface area (Å²) in [5.74, 6) is 0.499. The van der Waals surface area contributed by atoms with Crippen LogP contribution in [0.15, 0.2) is 71.6 Å². The van der Waals surface area contributed by atoms with Gasteiger partial charge in [-0.05, 0) is 55.0 Å². The molecule has 146 valence electrons. The van der Waals surface area contributed by atoms with Crippen molar-refractivity contribution in [1.82, 2.24) is 0 Å². The van der Waals surface area contributed by atoms with E-state index in [9.17, 15) is 12.8 Å². The molecule has 28 heavy (non-hydrogen) atoms. The third kappa shape index (κ3) is 4.61. The number of sulfonamides is 1. The first-order valence-electron chi connectivity index (χ1n) is 8.53. The van der Waals surface area contributed by atoms with Crippen LogP contribution >= 0.6 is 0 Å². The highest BCUT2D eigenvalue weighted by Crippen LogP contribution is 2.28. The summed E-state index contributed by atoms with van der Waals surface area (Å²) in [6, 6.07) is 17.5. The van der Waals surface area contributed by atoms with Gasteiger partial charge < -0.3 is 9.47 Å². The standard InChI is InChI=1S/C21H20FNO4S/c1-15-7-8-16(19(22)13-15)14-27-21-6-4-3-5-20(21)23-28(24,25)18-11-9-17(26-2)10-12-18/h3-13,23H,14H2,1-2H3. The number of halogens is 1. The molecular formula is C21H20FNO4S. The number of nitrogens with one attached hydrogen (secondary N) is 1. The Kier molecular flexibility index (Phi) is 5.84. The molecule has 0 aromatic heterocycles. The molecule has 0 amide bonds. The topological polar surface area (TPSA) is 64.6 Å². The van der Waals surface area contributed by atoms with E-state index >= 15 is 0 Å². The fourth-order valence-corrected chi connectivity index (χ4v) is 3.63. The van der Waals surface area contributed by atoms with E-state index in [0.717, 1.165) is 5.56 Å². The van der Waals surface area contributed by atoms with Crippen molar-refractivity contribution in [3.8, 4) is 11.5 Å². The summed E-state index contributed by atoms with van der Waals surface area (Å²) in [7, 11) is -2.31. The number of para-hydroxylation sites is 2. The molecule has 0 bridgehead atoms. The Morgan fingerprint density at radius 3 is 2.39 bits per heavy atom. The van der Waals surface area contributed by atoms with Gasteiger partial charge in [-0.25, -0.2) is 12.8 Å². The van der Waals surface area contributed by atoms with E-state index in [0.29, 0.717) is 17.1 Å². The number of methoxy groups -OCH3 is 1. The van der Waals surface area contributed by atoms with Gasteiger partial charge in [0.15, 0.2) is 0 Å². The second-order valence-electron chi connectivity index (χ2n) is 6.16. The quantitative estimate of drug-likeness (QED) is 0.632. The van der Waals surface area contributed by atoms with E-state index in [1.807, 2.05) is 0 Å². The van der Waals surface area contributed by atoms with E-state index in [1.54, 1.807) is 55.5 Å². The van der Waals surface area contributed by atoms with Crippen molar-refractivity contribution in [2.75, 3.05) is 11.8 Å². The Labute approximate surface area is 163 Å². The van der Waals surface area contributed by atoms with Crippen LogP contribution in [0.3, 0.4) is 0 Å². The summed E-state index contributed by atoms with van der Waals surface area (Å²) in [6.07, 6.45) is 0. The SMILES string of the molecule is COc1ccc(S(=O)(=O)Nc2ccccc2OCc2ccc(C)cc2F)cc1. The number of hydrogen-bond donors (Lipinski definition) is 1. The number of hydrogen-bond acceptors (Lipinski definition) is 4. The van der Waals surface area contributed by atoms with Gasteiger partial charge >= 0.3 is 0 Å². The first kappa shape index (κ1) is 19.7. The molecule has 0 aliphatic heterocycles. The number of rotatable bonds is 7. The van der Waals surface area contributed by atoms with E-state index < -0.39 is 10.0 Å². The van der Waals surface area contributed by atoms with Crippen molar-refractivity contribution in [2.24, 2.45) is 0 Å². The molecule has 0 saturated heterocycles. The third-order valence-corrected chi connectivity index (χ3v) is 5.47. The second-order valence-corrected chi connectivity index (χ2v) is 7.84. The van der Waals surface area contributed by atoms with E-state index in [-0.39, 0.29) is 23.0 Å². The predicted molar refractivity (Wildman–Crippen MR) is 106 cm³/mol. The minimum atomic E-state index is -3.82. The van der Waals surface area contributed by atoms with Crippen LogP contribution in [-0.2, 0) is 16.6 Å². The van der Waals surface area contributed by atoms with Gasteiger partial charge in [-0.1, -0.05) is 24.3 Å². The van der Waals surface area contributed by atoms with Crippen molar-refractivity contribution in [3.63, 3.8) is 0 Å². The van der Waals surface area contributed by atoms with Crippen molar-refractivity contribution >= 4 is 15.7 Å². The molecule has 0 radical (unpaired) electrons. The maximum atomic E-state index is 14.0. The zero-order valence-corrected chi connectivity index (χ0v) is 16.3. The van der Waals surface area contributed by atoms with Crippen LogP contribution in [0.4, 0.5) is 10.1 Å². The molecule has 0 aliphatic rings. The number of benzene rings is 3. The van der Waals surface area contributed by atoms with Crippen molar-refractivity contribution in [3.05, 3.63) is 83.7 Å². The average molecular weight is 401 g/mol. The van der Waals surface area contributed by atoms with E-state index in [4.69, 9.17) is 9.47 Å². The Morgan fingerprint density at radius 2 is 1.71 bits per heavy atom. The van der Waals surface area contributed by atoms with Crippen molar-refractivity contribution < 1.29 is 22.3 Å². The van der Waals surface area contributed by atoms with Gasteiger partial charge in [0.05, 0.1) is 17.7 Å². The summed E-state index contributed by atoms with van der Waals surface area (Å²) in [4.78, 5) is 0.0904. The molecule has 0 atom stereocenters. The average Bonchev–Trinajstić information content (AvgIpc) is 2.68. The van der Waals surface area contributed by atoms with Crippen LogP contribution in [-0.4, -0.2) is 15.5 Å². The Bertz CT molecular complexity index is 1070. The highest BCUT2D eigenvalue weighted by Gasteiger charge is 2.17. The fourth-order valence-electron chi connectivity index (χ4n) is 2.56. The normalized spacial score (nSPS) is 11.1. The molecule has 1 N–H and O–H groups in total. The van der Waals surface area contributed by atoms with Gasteiger partial charge in [0.2, 0.25) is 0 Å². The van der Waals surface area contributed by atoms with Gasteiger partial charge in [-0.2, -0.15) is 0 Å². The molecule has 0 saturated carbocycles. The molecule has 7 heteroatoms. The lowest BCUT2D eigenvalue weighted by Gasteiger charge is -2.14. The maximum absolute atomic E-state index is 14.0. The van der Waals surface area contributed by atoms with Crippen LogP contribution in [0.25, 0.3) is 0 Å². The molecule has 3 aromatic carbocycles. The highest BCUT2D eigenvalue weighted by atomic mass is 32.2. The third-order valence-electron chi connectivity index (χ3n) is 4.09. The summed E-state index contributed by atoms with van der Waals surface area (Å²) in [5.41, 5.74) is 1.47. The summed E-state index contributed by atoms with van der Waals surface area (Å²) in [6.45, 7) is 1.78. The molecular weight excluding hydrogens is 381 g/mol. The molecule has 5 nitrogen and oxygen atoms in total. The van der Waals surface area contributed by atoms with Crippen LogP contribution in [0, 0.1) is 12.7 Å². The molecule has 0 spiro atoms. The largest absolute Gasteiger partial charge is 0.497 e. The molecule has 0 unspecified atom stereocenters. The van der Waals surface area contributed by atoms with Crippen molar-refractivity contribution in [1.29, 1.82) is 0 Å². The monoisotopic (exact) mass is 401 g/mol. The smallest absolute Gasteiger partial charge is 0.262 e. The lowest BCUT2D eigenvalue weighted by molar-refractivity contribution is 0.301. The zero-order valence-electron chi connectivity index (χ0n) is 15.5. The summed E-state index contributed by atoms with van der Waals surface area (Å²) < 4.78 is 52.5. The number of ether oxygens (including phenoxy) is 2. The Balaban J connectivity index is 1.79. The minimum absolute atomic E-state index is 0.0204. The van der Waals surface area contributed by atoms with Gasteiger partial charge in [-0.3, -0.25) is 4.72 Å². The number of anilines is 1. The zero-order chi connectivity index (χ0) is 20.1. The first-order valence-corrected chi connectivity index (χ1v) is 10.0. The molecule has 3 rings (SSSR count). The van der Waals surface area contributed by atoms with Gasteiger partial charge in [-0.15, -0.1) is 0 Å². The van der Waals surface area contributed by atoms with Gasteiger partial charge in [0, 0.05) is 5.56 Å². The molecule has 0 heterocycles. The summed E-state index contributed by atoms with van der Waals surface area (Å²) >= 11 is 0. The molecule has 3 aromatic rings. The van der Waals surface area contributed by atoms with Crippen molar-refractivity contribution in [2.45, 2.75) is 18.4 Å². The Morgan fingerprint density at radius 1 is 1.00 bits per heavy atom. The summed E-state index contributed by atoms with van der Waals surface area (Å²) in [5, 5.41) is 0. The van der Waals surface area contributed by atoms with E-state index in [1.165, 1.54) is 25.3 Å². The van der Waals surface area contributed by atoms with Gasteiger partial charge in [0.1, 0.15) is 23.9 Å². The predicted octanol–water partition coefficient (Wildman–Crippen LogP) is 4.52. The minimum Gasteiger partial charge on any atom is -0.497 e. The van der Waals surface area contributed by atoms with Crippen LogP contribution in [0.2, 0.25) is 0 Å². The lowest BCUT2D eigenvalue weighted by atomic mass is 10.1. The molecule has 0 fully saturated rings. The van der Waals surface area contributed by atoms with Gasteiger partial charge in [0.25, 0.3) is 10.0 Å². The lowest BCUT2D eigenvalue weighted by Crippen LogP contribution is -2.14. The second kappa shape index (κ2) is 8.31. The maximum Gasteiger partial charge on any atom is 0.262 e. The van der Waals surface area contributed by atoms with Crippen LogP contribution in [0.1, 0.15) is 11.1 Å². The Hall–Kier alpha value is -3.06.